The summed E-state index contributed by atoms with van der Waals surface area (Å²) >= 11 is 1.28. The molecule has 1 aromatic heterocycles. The molecule has 0 bridgehead atoms. The Morgan fingerprint density at radius 1 is 1.19 bits per heavy atom. The van der Waals surface area contributed by atoms with Gasteiger partial charge in [-0.25, -0.2) is 13.4 Å². The number of thioether (sulfide) groups is 1. The number of pyridine rings is 1. The number of amides is 1. The Balaban J connectivity index is 1.59. The summed E-state index contributed by atoms with van der Waals surface area (Å²) in [6, 6.07) is 13.0. The molecular weight excluding hydrogens is 438 g/mol. The third-order valence-electron chi connectivity index (χ3n) is 4.79. The molecule has 0 atom stereocenters. The van der Waals surface area contributed by atoms with Crippen molar-refractivity contribution >= 4 is 27.7 Å². The average Bonchev–Trinajstić information content (AvgIpc) is 2.81. The molecule has 0 unspecified atom stereocenters. The van der Waals surface area contributed by atoms with Gasteiger partial charge in [-0.15, -0.1) is 0 Å². The van der Waals surface area contributed by atoms with Gasteiger partial charge < -0.3 is 14.4 Å². The lowest BCUT2D eigenvalue weighted by Crippen LogP contribution is -2.40. The smallest absolute Gasteiger partial charge is 0.244 e. The van der Waals surface area contributed by atoms with Crippen molar-refractivity contribution in [1.29, 1.82) is 0 Å². The van der Waals surface area contributed by atoms with Crippen molar-refractivity contribution < 1.29 is 22.7 Å². The minimum absolute atomic E-state index is 0.0299. The largest absolute Gasteiger partial charge is 0.383 e. The van der Waals surface area contributed by atoms with E-state index in [0.717, 1.165) is 5.56 Å². The molecule has 2 aromatic rings. The van der Waals surface area contributed by atoms with E-state index in [2.05, 4.69) is 4.98 Å². The molecule has 8 nitrogen and oxygen atoms in total. The maximum absolute atomic E-state index is 12.8. The SMILES string of the molecule is COCCN(Cc1ccccc1)C(=O)CSc1ccc(S(=O)(=O)N2CCOCC2)cn1. The zero-order valence-corrected chi connectivity index (χ0v) is 19.1. The Morgan fingerprint density at radius 2 is 1.94 bits per heavy atom. The number of carbonyl (C=O) groups is 1. The minimum atomic E-state index is -3.58. The van der Waals surface area contributed by atoms with Crippen LogP contribution in [0.15, 0.2) is 58.6 Å². The fourth-order valence-electron chi connectivity index (χ4n) is 3.06. The standard InChI is InChI=1S/C21H27N3O5S2/c1-28-12-9-23(16-18-5-3-2-4-6-18)21(25)17-30-20-8-7-19(15-22-20)31(26,27)24-10-13-29-14-11-24/h2-8,15H,9-14,16-17H2,1H3. The van der Waals surface area contributed by atoms with Crippen molar-refractivity contribution in [3.63, 3.8) is 0 Å². The number of hydrogen-bond acceptors (Lipinski definition) is 7. The highest BCUT2D eigenvalue weighted by molar-refractivity contribution is 7.99. The molecule has 2 heterocycles. The van der Waals surface area contributed by atoms with Gasteiger partial charge in [-0.2, -0.15) is 4.31 Å². The highest BCUT2D eigenvalue weighted by Crippen LogP contribution is 2.21. The van der Waals surface area contributed by atoms with Gasteiger partial charge in [0.1, 0.15) is 4.90 Å². The number of morpholine rings is 1. The number of carbonyl (C=O) groups excluding carboxylic acids is 1. The van der Waals surface area contributed by atoms with Gasteiger partial charge in [0.25, 0.3) is 0 Å². The summed E-state index contributed by atoms with van der Waals surface area (Å²) in [4.78, 5) is 18.9. The van der Waals surface area contributed by atoms with E-state index in [9.17, 15) is 13.2 Å². The molecule has 3 rings (SSSR count). The number of ether oxygens (including phenoxy) is 2. The molecule has 0 radical (unpaired) electrons. The molecule has 31 heavy (non-hydrogen) atoms. The van der Waals surface area contributed by atoms with E-state index in [1.165, 1.54) is 28.3 Å². The zero-order valence-electron chi connectivity index (χ0n) is 17.5. The van der Waals surface area contributed by atoms with Gasteiger partial charge in [0.05, 0.1) is 30.6 Å². The van der Waals surface area contributed by atoms with Crippen molar-refractivity contribution in [3.05, 3.63) is 54.2 Å². The third-order valence-corrected chi connectivity index (χ3v) is 7.61. The summed E-state index contributed by atoms with van der Waals surface area (Å²) in [5, 5.41) is 0.598. The topological polar surface area (TPSA) is 89.0 Å². The molecule has 0 aliphatic carbocycles. The van der Waals surface area contributed by atoms with Gasteiger partial charge >= 0.3 is 0 Å². The first-order valence-electron chi connectivity index (χ1n) is 9.98. The van der Waals surface area contributed by atoms with Gasteiger partial charge in [0.15, 0.2) is 0 Å². The molecule has 1 aliphatic rings. The van der Waals surface area contributed by atoms with Gasteiger partial charge in [0.2, 0.25) is 15.9 Å². The number of nitrogens with zero attached hydrogens (tertiary/aromatic N) is 3. The average molecular weight is 466 g/mol. The number of benzene rings is 1. The molecule has 0 saturated carbocycles. The summed E-state index contributed by atoms with van der Waals surface area (Å²) in [5.74, 6) is 0.178. The van der Waals surface area contributed by atoms with Crippen LogP contribution in [0.4, 0.5) is 0 Å². The van der Waals surface area contributed by atoms with E-state index in [4.69, 9.17) is 9.47 Å². The first kappa shape index (κ1) is 23.7. The van der Waals surface area contributed by atoms with Crippen molar-refractivity contribution in [3.8, 4) is 0 Å². The van der Waals surface area contributed by atoms with E-state index in [1.54, 1.807) is 18.1 Å². The Morgan fingerprint density at radius 3 is 2.58 bits per heavy atom. The predicted molar refractivity (Wildman–Crippen MR) is 118 cm³/mol. The monoisotopic (exact) mass is 465 g/mol. The molecule has 0 spiro atoms. The Kier molecular flexibility index (Phi) is 8.85. The molecule has 1 aromatic carbocycles. The van der Waals surface area contributed by atoms with Gasteiger partial charge in [-0.05, 0) is 17.7 Å². The van der Waals surface area contributed by atoms with Crippen molar-refractivity contribution in [2.75, 3.05) is 52.3 Å². The maximum atomic E-state index is 12.8. The van der Waals surface area contributed by atoms with Crippen LogP contribution in [-0.2, 0) is 30.8 Å². The first-order chi connectivity index (χ1) is 15.0. The molecule has 1 fully saturated rings. The molecular formula is C21H27N3O5S2. The maximum Gasteiger partial charge on any atom is 0.244 e. The lowest BCUT2D eigenvalue weighted by Gasteiger charge is -2.25. The summed E-state index contributed by atoms with van der Waals surface area (Å²) in [6.45, 7) is 2.92. The summed E-state index contributed by atoms with van der Waals surface area (Å²) in [7, 11) is -1.97. The van der Waals surface area contributed by atoms with E-state index in [-0.39, 0.29) is 16.6 Å². The zero-order chi connectivity index (χ0) is 22.1. The summed E-state index contributed by atoms with van der Waals surface area (Å²) < 4.78 is 37.1. The quantitative estimate of drug-likeness (QED) is 0.495. The molecule has 1 aliphatic heterocycles. The second-order valence-electron chi connectivity index (χ2n) is 6.93. The lowest BCUT2D eigenvalue weighted by molar-refractivity contribution is -0.129. The van der Waals surface area contributed by atoms with Gasteiger partial charge in [-0.3, -0.25) is 4.79 Å². The molecule has 1 amide bonds. The van der Waals surface area contributed by atoms with Crippen molar-refractivity contribution in [2.45, 2.75) is 16.5 Å². The predicted octanol–water partition coefficient (Wildman–Crippen LogP) is 1.87. The van der Waals surface area contributed by atoms with E-state index in [1.807, 2.05) is 30.3 Å². The van der Waals surface area contributed by atoms with Crippen LogP contribution in [0.2, 0.25) is 0 Å². The Hall–Kier alpha value is -1.98. The van der Waals surface area contributed by atoms with Crippen LogP contribution in [0.25, 0.3) is 0 Å². The highest BCUT2D eigenvalue weighted by Gasteiger charge is 2.26. The van der Waals surface area contributed by atoms with Crippen LogP contribution >= 0.6 is 11.8 Å². The van der Waals surface area contributed by atoms with Crippen molar-refractivity contribution in [2.24, 2.45) is 0 Å². The highest BCUT2D eigenvalue weighted by atomic mass is 32.2. The Labute approximate surface area is 187 Å². The number of rotatable bonds is 10. The van der Waals surface area contributed by atoms with E-state index in [0.29, 0.717) is 51.0 Å². The van der Waals surface area contributed by atoms with E-state index < -0.39 is 10.0 Å². The minimum Gasteiger partial charge on any atom is -0.383 e. The van der Waals surface area contributed by atoms with E-state index >= 15 is 0 Å². The molecule has 1 saturated heterocycles. The van der Waals surface area contributed by atoms with Crippen LogP contribution in [0, 0.1) is 0 Å². The van der Waals surface area contributed by atoms with Crippen LogP contribution < -0.4 is 0 Å². The number of methoxy groups -OCH3 is 1. The van der Waals surface area contributed by atoms with Crippen LogP contribution in [0.5, 0.6) is 0 Å². The normalized spacial score (nSPS) is 15.0. The lowest BCUT2D eigenvalue weighted by atomic mass is 10.2. The molecule has 0 N–H and O–H groups in total. The number of aromatic nitrogens is 1. The molecule has 168 valence electrons. The van der Waals surface area contributed by atoms with Crippen LogP contribution in [-0.4, -0.2) is 80.8 Å². The second-order valence-corrected chi connectivity index (χ2v) is 9.86. The fourth-order valence-corrected chi connectivity index (χ4v) is 5.16. The fraction of sp³-hybridized carbons (Fsp3) is 0.429. The first-order valence-corrected chi connectivity index (χ1v) is 12.4. The molecule has 10 heteroatoms. The summed E-state index contributed by atoms with van der Waals surface area (Å²) in [6.07, 6.45) is 1.35. The van der Waals surface area contributed by atoms with Gasteiger partial charge in [-0.1, -0.05) is 42.1 Å². The van der Waals surface area contributed by atoms with Gasteiger partial charge in [0, 0.05) is 39.5 Å². The van der Waals surface area contributed by atoms with Crippen molar-refractivity contribution in [1.82, 2.24) is 14.2 Å². The van der Waals surface area contributed by atoms with Crippen LogP contribution in [0.3, 0.4) is 0 Å². The summed E-state index contributed by atoms with van der Waals surface area (Å²) in [5.41, 5.74) is 1.05. The Bertz CT molecular complexity index is 933. The number of sulfonamides is 1. The second kappa shape index (κ2) is 11.6. The third kappa shape index (κ3) is 6.75. The number of hydrogen-bond donors (Lipinski definition) is 0. The van der Waals surface area contributed by atoms with Crippen LogP contribution in [0.1, 0.15) is 5.56 Å².